The largest absolute Gasteiger partial charge is 0.315 e. The number of nitrogens with zero attached hydrogens (tertiary/aromatic N) is 1. The molecule has 0 unspecified atom stereocenters. The molecule has 0 radical (unpaired) electrons. The molecule has 0 bridgehead atoms. The van der Waals surface area contributed by atoms with Gasteiger partial charge in [0.15, 0.2) is 11.6 Å². The second kappa shape index (κ2) is 4.81. The highest BCUT2D eigenvalue weighted by Gasteiger charge is 2.36. The van der Waals surface area contributed by atoms with E-state index in [1.165, 1.54) is 0 Å². The van der Waals surface area contributed by atoms with E-state index in [-0.39, 0.29) is 17.7 Å². The highest BCUT2D eigenvalue weighted by Crippen LogP contribution is 2.24. The van der Waals surface area contributed by atoms with E-state index in [4.69, 9.17) is 0 Å². The highest BCUT2D eigenvalue weighted by atomic mass is 19.2. The van der Waals surface area contributed by atoms with Crippen molar-refractivity contribution in [1.29, 1.82) is 0 Å². The number of halogens is 2. The van der Waals surface area contributed by atoms with Gasteiger partial charge in [0.05, 0.1) is 11.1 Å². The van der Waals surface area contributed by atoms with E-state index in [0.717, 1.165) is 17.0 Å². The minimum Gasteiger partial charge on any atom is -0.315 e. The molecule has 0 aliphatic carbocycles. The van der Waals surface area contributed by atoms with Crippen LogP contribution < -0.4 is 5.32 Å². The molecule has 4 nitrogen and oxygen atoms in total. The predicted octanol–water partition coefficient (Wildman–Crippen LogP) is 1.17. The normalized spacial score (nSPS) is 14.3. The number of nitrogens with one attached hydrogen (secondary N) is 1. The average Bonchev–Trinajstić information content (AvgIpc) is 2.56. The zero-order chi connectivity index (χ0) is 13.3. The van der Waals surface area contributed by atoms with Crippen molar-refractivity contribution in [2.45, 2.75) is 6.92 Å². The summed E-state index contributed by atoms with van der Waals surface area (Å²) in [5.41, 5.74) is -0.147. The summed E-state index contributed by atoms with van der Waals surface area (Å²) >= 11 is 0. The first kappa shape index (κ1) is 12.6. The molecule has 1 N–H and O–H groups in total. The number of imide groups is 1. The summed E-state index contributed by atoms with van der Waals surface area (Å²) in [5, 5.41) is 2.97. The molecule has 2 amide bonds. The Morgan fingerprint density at radius 1 is 1.11 bits per heavy atom. The molecule has 0 saturated heterocycles. The Bertz CT molecular complexity index is 476. The number of benzene rings is 1. The molecular formula is C12H12F2N2O2. The molecule has 2 rings (SSSR count). The lowest BCUT2D eigenvalue weighted by Crippen LogP contribution is -2.36. The van der Waals surface area contributed by atoms with E-state index in [9.17, 15) is 18.4 Å². The molecule has 6 heteroatoms. The van der Waals surface area contributed by atoms with Gasteiger partial charge in [-0.25, -0.2) is 8.78 Å². The van der Waals surface area contributed by atoms with Crippen LogP contribution in [0, 0.1) is 11.6 Å². The maximum atomic E-state index is 13.0. The van der Waals surface area contributed by atoms with Crippen LogP contribution in [0.3, 0.4) is 0 Å². The fourth-order valence-electron chi connectivity index (χ4n) is 1.85. The van der Waals surface area contributed by atoms with Gasteiger partial charge < -0.3 is 5.32 Å². The van der Waals surface area contributed by atoms with Crippen LogP contribution in [-0.4, -0.2) is 36.3 Å². The minimum atomic E-state index is -1.12. The first-order valence-corrected chi connectivity index (χ1v) is 5.62. The lowest BCUT2D eigenvalue weighted by atomic mass is 10.1. The van der Waals surface area contributed by atoms with Crippen LogP contribution in [0.5, 0.6) is 0 Å². The van der Waals surface area contributed by atoms with Crippen molar-refractivity contribution in [3.63, 3.8) is 0 Å². The van der Waals surface area contributed by atoms with Gasteiger partial charge in [0.25, 0.3) is 11.8 Å². The van der Waals surface area contributed by atoms with E-state index in [2.05, 4.69) is 5.32 Å². The molecule has 0 atom stereocenters. The Hall–Kier alpha value is -1.82. The van der Waals surface area contributed by atoms with Crippen LogP contribution in [0.15, 0.2) is 12.1 Å². The summed E-state index contributed by atoms with van der Waals surface area (Å²) in [5.74, 6) is -3.40. The summed E-state index contributed by atoms with van der Waals surface area (Å²) in [7, 11) is 0. The zero-order valence-electron chi connectivity index (χ0n) is 9.80. The molecule has 0 spiro atoms. The Kier molecular flexibility index (Phi) is 3.38. The predicted molar refractivity (Wildman–Crippen MR) is 60.3 cm³/mol. The van der Waals surface area contributed by atoms with Crippen molar-refractivity contribution in [2.75, 3.05) is 19.6 Å². The SMILES string of the molecule is CCNCCN1C(=O)c2cc(F)c(F)cc2C1=O. The minimum absolute atomic E-state index is 0.0737. The van der Waals surface area contributed by atoms with Crippen molar-refractivity contribution in [2.24, 2.45) is 0 Å². The Morgan fingerprint density at radius 3 is 2.06 bits per heavy atom. The smallest absolute Gasteiger partial charge is 0.261 e. The second-order valence-corrected chi connectivity index (χ2v) is 3.93. The fourth-order valence-corrected chi connectivity index (χ4v) is 1.85. The van der Waals surface area contributed by atoms with E-state index < -0.39 is 23.4 Å². The second-order valence-electron chi connectivity index (χ2n) is 3.93. The Morgan fingerprint density at radius 2 is 1.61 bits per heavy atom. The summed E-state index contributed by atoms with van der Waals surface area (Å²) in [6.45, 7) is 3.25. The van der Waals surface area contributed by atoms with Crippen LogP contribution >= 0.6 is 0 Å². The number of rotatable bonds is 4. The number of amides is 2. The van der Waals surface area contributed by atoms with Gasteiger partial charge in [0.2, 0.25) is 0 Å². The Labute approximate surface area is 103 Å². The van der Waals surface area contributed by atoms with Crippen molar-refractivity contribution in [3.8, 4) is 0 Å². The van der Waals surface area contributed by atoms with Crippen LogP contribution in [-0.2, 0) is 0 Å². The lowest BCUT2D eigenvalue weighted by molar-refractivity contribution is 0.0655. The third-order valence-electron chi connectivity index (χ3n) is 2.77. The highest BCUT2D eigenvalue weighted by molar-refractivity contribution is 6.21. The molecule has 96 valence electrons. The van der Waals surface area contributed by atoms with Crippen molar-refractivity contribution in [3.05, 3.63) is 34.9 Å². The first-order valence-electron chi connectivity index (χ1n) is 5.62. The first-order chi connectivity index (χ1) is 8.56. The third-order valence-corrected chi connectivity index (χ3v) is 2.77. The molecule has 0 aromatic heterocycles. The summed E-state index contributed by atoms with van der Waals surface area (Å²) in [4.78, 5) is 24.7. The molecule has 0 saturated carbocycles. The summed E-state index contributed by atoms with van der Waals surface area (Å²) in [6, 6.07) is 1.55. The standard InChI is InChI=1S/C12H12F2N2O2/c1-2-15-3-4-16-11(17)7-5-9(13)10(14)6-8(7)12(16)18/h5-6,15H,2-4H2,1H3. The molecule has 18 heavy (non-hydrogen) atoms. The number of fused-ring (bicyclic) bond motifs is 1. The van der Waals surface area contributed by atoms with Crippen LogP contribution in [0.1, 0.15) is 27.6 Å². The van der Waals surface area contributed by atoms with E-state index in [0.29, 0.717) is 13.1 Å². The molecule has 1 aromatic rings. The van der Waals surface area contributed by atoms with Gasteiger partial charge in [-0.05, 0) is 18.7 Å². The number of likely N-dealkylation sites (N-methyl/N-ethyl adjacent to an activating group) is 1. The topological polar surface area (TPSA) is 49.4 Å². The van der Waals surface area contributed by atoms with Gasteiger partial charge in [-0.15, -0.1) is 0 Å². The molecular weight excluding hydrogens is 242 g/mol. The molecule has 1 aliphatic rings. The molecule has 1 aliphatic heterocycles. The maximum Gasteiger partial charge on any atom is 0.261 e. The molecule has 1 aromatic carbocycles. The number of hydrogen-bond acceptors (Lipinski definition) is 3. The van der Waals surface area contributed by atoms with Crippen LogP contribution in [0.25, 0.3) is 0 Å². The average molecular weight is 254 g/mol. The van der Waals surface area contributed by atoms with Gasteiger partial charge in [0.1, 0.15) is 0 Å². The van der Waals surface area contributed by atoms with Gasteiger partial charge in [0, 0.05) is 13.1 Å². The van der Waals surface area contributed by atoms with Gasteiger partial charge >= 0.3 is 0 Å². The van der Waals surface area contributed by atoms with Crippen LogP contribution in [0.4, 0.5) is 8.78 Å². The van der Waals surface area contributed by atoms with E-state index in [1.54, 1.807) is 0 Å². The van der Waals surface area contributed by atoms with Gasteiger partial charge in [-0.2, -0.15) is 0 Å². The maximum absolute atomic E-state index is 13.0. The van der Waals surface area contributed by atoms with Crippen molar-refractivity contribution >= 4 is 11.8 Å². The monoisotopic (exact) mass is 254 g/mol. The van der Waals surface area contributed by atoms with E-state index in [1.807, 2.05) is 6.92 Å². The lowest BCUT2D eigenvalue weighted by Gasteiger charge is -2.13. The summed E-state index contributed by atoms with van der Waals surface area (Å²) < 4.78 is 26.1. The summed E-state index contributed by atoms with van der Waals surface area (Å²) in [6.07, 6.45) is 0. The van der Waals surface area contributed by atoms with Gasteiger partial charge in [-0.1, -0.05) is 6.92 Å². The Balaban J connectivity index is 2.26. The molecule has 0 fully saturated rings. The number of carbonyl (C=O) groups excluding carboxylic acids is 2. The quantitative estimate of drug-likeness (QED) is 0.648. The third kappa shape index (κ3) is 1.99. The number of carbonyl (C=O) groups is 2. The van der Waals surface area contributed by atoms with Gasteiger partial charge in [-0.3, -0.25) is 14.5 Å². The fraction of sp³-hybridized carbons (Fsp3) is 0.333. The van der Waals surface area contributed by atoms with E-state index >= 15 is 0 Å². The zero-order valence-corrected chi connectivity index (χ0v) is 9.80. The van der Waals surface area contributed by atoms with Crippen LogP contribution in [0.2, 0.25) is 0 Å². The molecule has 1 heterocycles. The van der Waals surface area contributed by atoms with Crippen molar-refractivity contribution < 1.29 is 18.4 Å². The van der Waals surface area contributed by atoms with Crippen molar-refractivity contribution in [1.82, 2.24) is 10.2 Å². The number of hydrogen-bond donors (Lipinski definition) is 1.